The van der Waals surface area contributed by atoms with Crippen LogP contribution in [0.1, 0.15) is 86.8 Å². The van der Waals surface area contributed by atoms with Crippen LogP contribution < -0.4 is 5.32 Å². The maximum Gasteiger partial charge on any atom is 0.408 e. The van der Waals surface area contributed by atoms with Gasteiger partial charge < -0.3 is 49.1 Å². The molecule has 53 heavy (non-hydrogen) atoms. The molecule has 1 aromatic rings. The summed E-state index contributed by atoms with van der Waals surface area (Å²) in [6.07, 6.45) is -8.43. The molecule has 6 rings (SSSR count). The van der Waals surface area contributed by atoms with E-state index >= 15 is 0 Å². The zero-order valence-corrected chi connectivity index (χ0v) is 31.8. The summed E-state index contributed by atoms with van der Waals surface area (Å²) in [5.74, 6) is -3.20. The lowest BCUT2D eigenvalue weighted by atomic mass is 9.42. The van der Waals surface area contributed by atoms with Gasteiger partial charge in [-0.3, -0.25) is 9.59 Å². The summed E-state index contributed by atoms with van der Waals surface area (Å²) < 4.78 is 36.2. The molecule has 2 heterocycles. The third-order valence-corrected chi connectivity index (χ3v) is 12.6. The molecule has 14 nitrogen and oxygen atoms in total. The Morgan fingerprint density at radius 2 is 1.75 bits per heavy atom. The first-order chi connectivity index (χ1) is 24.6. The zero-order chi connectivity index (χ0) is 39.1. The molecule has 2 saturated heterocycles. The second-order valence-electron chi connectivity index (χ2n) is 17.1. The minimum Gasteiger partial charge on any atom is -0.456 e. The molecule has 0 spiro atoms. The average Bonchev–Trinajstić information content (AvgIpc) is 3.49. The first-order valence-electron chi connectivity index (χ1n) is 18.2. The fourth-order valence-corrected chi connectivity index (χ4v) is 10.2. The number of fused-ring (bicyclic) bond motifs is 8. The highest BCUT2D eigenvalue weighted by Crippen LogP contribution is 2.67. The van der Waals surface area contributed by atoms with Crippen molar-refractivity contribution >= 4 is 24.3 Å². The molecule has 5 aliphatic rings. The highest BCUT2D eigenvalue weighted by molar-refractivity contribution is 5.78. The molecule has 13 atom stereocenters. The molecule has 2 bridgehead atoms. The SMILES string of the molecule is CC(=O)O[C@@]12COC1C[C@H](O)[C@@]1(C)[C@@H]3OC(C=O)O[C@@H]3C3=C(C)[C@@H](OC(=O)[C@H](O)[C@@H](NC(=O)OC(C)(C)C)c4ccccc4)C[C@@](O)([C@@H](C)[C@@H]12)C3(C)C. The van der Waals surface area contributed by atoms with Gasteiger partial charge in [-0.05, 0) is 50.3 Å². The lowest BCUT2D eigenvalue weighted by molar-refractivity contribution is -0.354. The summed E-state index contributed by atoms with van der Waals surface area (Å²) in [5.41, 5.74) is -4.74. The Morgan fingerprint density at radius 1 is 1.09 bits per heavy atom. The number of hydrogen-bond acceptors (Lipinski definition) is 13. The molecular formula is C39H53NO13. The number of ether oxygens (including phenoxy) is 6. The fraction of sp³-hybridized carbons (Fsp3) is 0.692. The van der Waals surface area contributed by atoms with Crippen molar-refractivity contribution in [2.24, 2.45) is 22.7 Å². The number of aliphatic hydroxyl groups excluding tert-OH is 2. The predicted octanol–water partition coefficient (Wildman–Crippen LogP) is 3.05. The monoisotopic (exact) mass is 743 g/mol. The van der Waals surface area contributed by atoms with E-state index in [1.807, 2.05) is 27.7 Å². The summed E-state index contributed by atoms with van der Waals surface area (Å²) >= 11 is 0. The van der Waals surface area contributed by atoms with Crippen LogP contribution >= 0.6 is 0 Å². The predicted molar refractivity (Wildman–Crippen MR) is 186 cm³/mol. The minimum atomic E-state index is -1.90. The molecule has 1 aromatic carbocycles. The number of amides is 1. The van der Waals surface area contributed by atoms with Crippen LogP contribution in [0.25, 0.3) is 0 Å². The normalized spacial score (nSPS) is 39.7. The smallest absolute Gasteiger partial charge is 0.408 e. The van der Waals surface area contributed by atoms with Gasteiger partial charge in [-0.1, -0.05) is 58.0 Å². The molecule has 14 heteroatoms. The Hall–Kier alpha value is -3.40. The first-order valence-corrected chi connectivity index (χ1v) is 18.2. The van der Waals surface area contributed by atoms with Gasteiger partial charge in [0.05, 0.1) is 30.5 Å². The standard InChI is InChI=1S/C39H53NO13/c1-19-23(49-33(45)29(44)28(22-13-11-10-12-14-22)40-34(46)53-35(4,5)6)16-39(47)20(2)31-37(9,24(43)15-25-38(31,18-48-25)52-21(3)42)32-30(27(19)36(39,7)8)50-26(17-41)51-32/h10-14,17,20,23-26,28-32,43-44,47H,15-16,18H2,1-9H3,(H,40,46)/t20-,23-,24-,25?,26?,28-,29+,30+,31-,32+,37+,38-,39+/m0/s1. The molecular weight excluding hydrogens is 690 g/mol. The van der Waals surface area contributed by atoms with Gasteiger partial charge in [0.1, 0.15) is 23.9 Å². The Bertz CT molecular complexity index is 1660. The summed E-state index contributed by atoms with van der Waals surface area (Å²) in [6, 6.07) is 7.17. The van der Waals surface area contributed by atoms with Crippen LogP contribution in [0.2, 0.25) is 0 Å². The van der Waals surface area contributed by atoms with Crippen LogP contribution in [-0.2, 0) is 42.8 Å². The second-order valence-corrected chi connectivity index (χ2v) is 17.1. The number of hydrogen-bond donors (Lipinski definition) is 4. The molecule has 3 aliphatic carbocycles. The van der Waals surface area contributed by atoms with Gasteiger partial charge in [0.2, 0.25) is 6.29 Å². The highest BCUT2D eigenvalue weighted by atomic mass is 16.7. The van der Waals surface area contributed by atoms with Crippen molar-refractivity contribution in [3.8, 4) is 0 Å². The summed E-state index contributed by atoms with van der Waals surface area (Å²) in [7, 11) is 0. The van der Waals surface area contributed by atoms with Crippen LogP contribution in [0.4, 0.5) is 4.79 Å². The van der Waals surface area contributed by atoms with E-state index in [2.05, 4.69) is 5.32 Å². The molecule has 0 radical (unpaired) electrons. The number of alkyl carbamates (subject to hydrolysis) is 1. The van der Waals surface area contributed by atoms with Gasteiger partial charge in [0, 0.05) is 36.5 Å². The Balaban J connectivity index is 1.44. The van der Waals surface area contributed by atoms with E-state index in [1.54, 1.807) is 58.0 Å². The van der Waals surface area contributed by atoms with Crippen molar-refractivity contribution in [3.05, 3.63) is 47.0 Å². The van der Waals surface area contributed by atoms with Crippen LogP contribution in [0.15, 0.2) is 41.5 Å². The molecule has 292 valence electrons. The van der Waals surface area contributed by atoms with E-state index in [0.29, 0.717) is 23.0 Å². The quantitative estimate of drug-likeness (QED) is 0.138. The number of esters is 2. The maximum atomic E-state index is 14.0. The lowest BCUT2D eigenvalue weighted by Crippen LogP contribution is -2.80. The van der Waals surface area contributed by atoms with E-state index in [9.17, 15) is 34.5 Å². The Morgan fingerprint density at radius 3 is 2.32 bits per heavy atom. The number of carbonyl (C=O) groups excluding carboxylic acids is 4. The average molecular weight is 744 g/mol. The van der Waals surface area contributed by atoms with Crippen LogP contribution in [0.5, 0.6) is 0 Å². The van der Waals surface area contributed by atoms with E-state index in [0.717, 1.165) is 0 Å². The summed E-state index contributed by atoms with van der Waals surface area (Å²) in [5, 5.41) is 39.3. The van der Waals surface area contributed by atoms with Crippen molar-refractivity contribution in [1.82, 2.24) is 5.32 Å². The summed E-state index contributed by atoms with van der Waals surface area (Å²) in [4.78, 5) is 51.9. The Labute approximate surface area is 309 Å². The number of nitrogens with one attached hydrogen (secondary N) is 1. The summed E-state index contributed by atoms with van der Waals surface area (Å²) in [6.45, 7) is 15.4. The van der Waals surface area contributed by atoms with Gasteiger partial charge in [-0.2, -0.15) is 0 Å². The zero-order valence-electron chi connectivity index (χ0n) is 31.8. The van der Waals surface area contributed by atoms with Gasteiger partial charge in [-0.25, -0.2) is 9.59 Å². The Kier molecular flexibility index (Phi) is 9.95. The maximum absolute atomic E-state index is 14.0. The van der Waals surface area contributed by atoms with E-state index in [1.165, 1.54) is 6.92 Å². The number of rotatable bonds is 7. The molecule has 4 N–H and O–H groups in total. The molecule has 2 aliphatic heterocycles. The molecule has 1 amide bonds. The van der Waals surface area contributed by atoms with Crippen molar-refractivity contribution in [3.63, 3.8) is 0 Å². The van der Waals surface area contributed by atoms with Crippen LogP contribution in [0, 0.1) is 22.7 Å². The van der Waals surface area contributed by atoms with Crippen molar-refractivity contribution in [2.45, 2.75) is 141 Å². The first kappa shape index (κ1) is 39.3. The molecule has 2 saturated carbocycles. The fourth-order valence-electron chi connectivity index (χ4n) is 10.2. The van der Waals surface area contributed by atoms with E-state index in [4.69, 9.17) is 28.4 Å². The highest BCUT2D eigenvalue weighted by Gasteiger charge is 2.77. The number of benzene rings is 1. The van der Waals surface area contributed by atoms with Gasteiger partial charge in [0.15, 0.2) is 18.0 Å². The van der Waals surface area contributed by atoms with Gasteiger partial charge in [-0.15, -0.1) is 0 Å². The third kappa shape index (κ3) is 6.19. The number of carbonyl (C=O) groups is 4. The number of aldehydes is 1. The largest absolute Gasteiger partial charge is 0.456 e. The van der Waals surface area contributed by atoms with Crippen LogP contribution in [-0.4, -0.2) is 106 Å². The molecule has 2 unspecified atom stereocenters. The van der Waals surface area contributed by atoms with Crippen molar-refractivity contribution < 1.29 is 62.9 Å². The van der Waals surface area contributed by atoms with Crippen LogP contribution in [0.3, 0.4) is 0 Å². The van der Waals surface area contributed by atoms with Crippen molar-refractivity contribution in [1.29, 1.82) is 0 Å². The minimum absolute atomic E-state index is 0.0122. The second kappa shape index (κ2) is 13.4. The van der Waals surface area contributed by atoms with E-state index in [-0.39, 0.29) is 19.4 Å². The van der Waals surface area contributed by atoms with Gasteiger partial charge in [0.25, 0.3) is 0 Å². The molecule has 0 aromatic heterocycles. The van der Waals surface area contributed by atoms with Crippen molar-refractivity contribution in [2.75, 3.05) is 6.61 Å². The molecule has 4 fully saturated rings. The number of aliphatic hydroxyl groups is 3. The van der Waals surface area contributed by atoms with Gasteiger partial charge >= 0.3 is 18.0 Å². The lowest BCUT2D eigenvalue weighted by Gasteiger charge is -2.69. The van der Waals surface area contributed by atoms with E-state index < -0.39 is 106 Å². The third-order valence-electron chi connectivity index (χ3n) is 12.6. The topological polar surface area (TPSA) is 196 Å².